The van der Waals surface area contributed by atoms with E-state index in [1.165, 1.54) is 12.1 Å². The molecule has 80 valence electrons. The third-order valence-electron chi connectivity index (χ3n) is 1.94. The van der Waals surface area contributed by atoms with Crippen LogP contribution in [-0.4, -0.2) is 10.2 Å². The van der Waals surface area contributed by atoms with Gasteiger partial charge in [-0.2, -0.15) is 5.10 Å². The van der Waals surface area contributed by atoms with Gasteiger partial charge in [0.25, 0.3) is 0 Å². The third-order valence-corrected chi connectivity index (χ3v) is 1.94. The lowest BCUT2D eigenvalue weighted by molar-refractivity contribution is 0.628. The number of halogens is 1. The molecule has 0 saturated carbocycles. The minimum Gasteiger partial charge on any atom is -0.278 e. The second-order valence-corrected chi connectivity index (χ2v) is 2.94. The fourth-order valence-electron chi connectivity index (χ4n) is 1.28. The summed E-state index contributed by atoms with van der Waals surface area (Å²) in [5.41, 5.74) is 2.72. The van der Waals surface area contributed by atoms with Gasteiger partial charge in [0.1, 0.15) is 5.82 Å². The average Bonchev–Trinajstić information content (AvgIpc) is 2.67. The monoisotopic (exact) mass is 206 g/mol. The normalized spacial score (nSPS) is 9.33. The zero-order valence-corrected chi connectivity index (χ0v) is 9.21. The molecular weight excluding hydrogens is 191 g/mol. The first-order chi connectivity index (χ1) is 7.27. The number of nitrogens with zero attached hydrogens (tertiary/aromatic N) is 1. The maximum absolute atomic E-state index is 12.9. The van der Waals surface area contributed by atoms with E-state index in [1.807, 2.05) is 26.8 Å². The highest BCUT2D eigenvalue weighted by Crippen LogP contribution is 2.20. The van der Waals surface area contributed by atoms with Gasteiger partial charge in [0.15, 0.2) is 0 Å². The van der Waals surface area contributed by atoms with Crippen LogP contribution in [0.1, 0.15) is 19.4 Å². The molecule has 1 aromatic carbocycles. The van der Waals surface area contributed by atoms with Gasteiger partial charge in [-0.1, -0.05) is 26.0 Å². The Balaban J connectivity index is 0.000000531. The van der Waals surface area contributed by atoms with Crippen LogP contribution in [0, 0.1) is 12.7 Å². The Bertz CT molecular complexity index is 421. The molecule has 0 atom stereocenters. The first-order valence-corrected chi connectivity index (χ1v) is 5.03. The maximum Gasteiger partial charge on any atom is 0.123 e. The summed E-state index contributed by atoms with van der Waals surface area (Å²) in [6, 6.07) is 6.45. The standard InChI is InChI=1S/C10H9FN2.C2H6/c1-7-6-12-13-10(7)8-3-2-4-9(11)5-8;1-2/h2-6H,1H3,(H,12,13);1-2H3. The van der Waals surface area contributed by atoms with Gasteiger partial charge in [-0.15, -0.1) is 0 Å². The molecule has 1 N–H and O–H groups in total. The number of H-pyrrole nitrogens is 1. The summed E-state index contributed by atoms with van der Waals surface area (Å²) in [7, 11) is 0. The first kappa shape index (κ1) is 11.4. The van der Waals surface area contributed by atoms with Crippen molar-refractivity contribution in [1.82, 2.24) is 10.2 Å². The fraction of sp³-hybridized carbons (Fsp3) is 0.250. The van der Waals surface area contributed by atoms with Crippen LogP contribution in [0.4, 0.5) is 4.39 Å². The van der Waals surface area contributed by atoms with E-state index in [0.717, 1.165) is 16.8 Å². The highest BCUT2D eigenvalue weighted by Gasteiger charge is 2.03. The zero-order valence-electron chi connectivity index (χ0n) is 9.21. The highest BCUT2D eigenvalue weighted by molar-refractivity contribution is 5.61. The van der Waals surface area contributed by atoms with Gasteiger partial charge in [-0.05, 0) is 24.6 Å². The van der Waals surface area contributed by atoms with Gasteiger partial charge in [-0.25, -0.2) is 4.39 Å². The Labute approximate surface area is 89.2 Å². The number of hydrogen-bond acceptors (Lipinski definition) is 1. The molecule has 0 spiro atoms. The average molecular weight is 206 g/mol. The quantitative estimate of drug-likeness (QED) is 0.759. The van der Waals surface area contributed by atoms with Crippen molar-refractivity contribution in [2.24, 2.45) is 0 Å². The smallest absolute Gasteiger partial charge is 0.123 e. The predicted molar refractivity (Wildman–Crippen MR) is 60.1 cm³/mol. The predicted octanol–water partition coefficient (Wildman–Crippen LogP) is 3.55. The minimum absolute atomic E-state index is 0.230. The largest absolute Gasteiger partial charge is 0.278 e. The van der Waals surface area contributed by atoms with Crippen LogP contribution < -0.4 is 0 Å². The van der Waals surface area contributed by atoms with Crippen LogP contribution in [-0.2, 0) is 0 Å². The van der Waals surface area contributed by atoms with Crippen molar-refractivity contribution in [3.05, 3.63) is 41.8 Å². The Morgan fingerprint density at radius 2 is 2.00 bits per heavy atom. The topological polar surface area (TPSA) is 28.7 Å². The van der Waals surface area contributed by atoms with Crippen molar-refractivity contribution < 1.29 is 4.39 Å². The van der Waals surface area contributed by atoms with Gasteiger partial charge in [-0.3, -0.25) is 5.10 Å². The molecule has 1 aromatic heterocycles. The Morgan fingerprint density at radius 1 is 1.27 bits per heavy atom. The van der Waals surface area contributed by atoms with Crippen LogP contribution in [0.25, 0.3) is 11.3 Å². The van der Waals surface area contributed by atoms with Gasteiger partial charge in [0.05, 0.1) is 11.9 Å². The van der Waals surface area contributed by atoms with E-state index in [9.17, 15) is 4.39 Å². The first-order valence-electron chi connectivity index (χ1n) is 5.03. The molecule has 0 aliphatic heterocycles. The summed E-state index contributed by atoms with van der Waals surface area (Å²) in [4.78, 5) is 0. The molecule has 0 unspecified atom stereocenters. The SMILES string of the molecule is CC.Cc1cn[nH]c1-c1cccc(F)c1. The van der Waals surface area contributed by atoms with E-state index in [2.05, 4.69) is 10.2 Å². The van der Waals surface area contributed by atoms with Crippen molar-refractivity contribution in [2.75, 3.05) is 0 Å². The van der Waals surface area contributed by atoms with Crippen molar-refractivity contribution in [3.63, 3.8) is 0 Å². The number of nitrogens with one attached hydrogen (secondary N) is 1. The van der Waals surface area contributed by atoms with E-state index >= 15 is 0 Å². The maximum atomic E-state index is 12.9. The molecule has 0 radical (unpaired) electrons. The molecule has 3 heteroatoms. The van der Waals surface area contributed by atoms with Crippen LogP contribution in [0.5, 0.6) is 0 Å². The molecule has 0 amide bonds. The molecule has 0 bridgehead atoms. The van der Waals surface area contributed by atoms with Gasteiger partial charge >= 0.3 is 0 Å². The number of hydrogen-bond donors (Lipinski definition) is 1. The zero-order chi connectivity index (χ0) is 11.3. The molecule has 2 aromatic rings. The number of aryl methyl sites for hydroxylation is 1. The Morgan fingerprint density at radius 3 is 2.53 bits per heavy atom. The van der Waals surface area contributed by atoms with Gasteiger partial charge in [0, 0.05) is 5.56 Å². The lowest BCUT2D eigenvalue weighted by atomic mass is 10.1. The highest BCUT2D eigenvalue weighted by atomic mass is 19.1. The summed E-state index contributed by atoms with van der Waals surface area (Å²) >= 11 is 0. The molecule has 0 aliphatic carbocycles. The molecule has 0 saturated heterocycles. The molecular formula is C12H15FN2. The second kappa shape index (κ2) is 5.29. The minimum atomic E-state index is -0.230. The van der Waals surface area contributed by atoms with Gasteiger partial charge < -0.3 is 0 Å². The summed E-state index contributed by atoms with van der Waals surface area (Å²) in [5.74, 6) is -0.230. The van der Waals surface area contributed by atoms with Crippen molar-refractivity contribution in [2.45, 2.75) is 20.8 Å². The lowest BCUT2D eigenvalue weighted by Crippen LogP contribution is -1.82. The molecule has 1 heterocycles. The molecule has 2 nitrogen and oxygen atoms in total. The van der Waals surface area contributed by atoms with E-state index in [4.69, 9.17) is 0 Å². The summed E-state index contributed by atoms with van der Waals surface area (Å²) < 4.78 is 12.9. The molecule has 15 heavy (non-hydrogen) atoms. The summed E-state index contributed by atoms with van der Waals surface area (Å²) in [6.45, 7) is 5.93. The summed E-state index contributed by atoms with van der Waals surface area (Å²) in [6.07, 6.45) is 1.72. The number of aromatic nitrogens is 2. The van der Waals surface area contributed by atoms with Crippen molar-refractivity contribution in [1.29, 1.82) is 0 Å². The van der Waals surface area contributed by atoms with Crippen LogP contribution in [0.15, 0.2) is 30.5 Å². The van der Waals surface area contributed by atoms with Crippen molar-refractivity contribution >= 4 is 0 Å². The van der Waals surface area contributed by atoms with Gasteiger partial charge in [0.2, 0.25) is 0 Å². The van der Waals surface area contributed by atoms with Crippen LogP contribution in [0.3, 0.4) is 0 Å². The van der Waals surface area contributed by atoms with E-state index in [-0.39, 0.29) is 5.82 Å². The lowest BCUT2D eigenvalue weighted by Gasteiger charge is -1.98. The van der Waals surface area contributed by atoms with E-state index in [1.54, 1.807) is 12.3 Å². The second-order valence-electron chi connectivity index (χ2n) is 2.94. The molecule has 0 fully saturated rings. The summed E-state index contributed by atoms with van der Waals surface area (Å²) in [5, 5.41) is 6.71. The van der Waals surface area contributed by atoms with E-state index < -0.39 is 0 Å². The molecule has 2 rings (SSSR count). The van der Waals surface area contributed by atoms with Crippen LogP contribution in [0.2, 0.25) is 0 Å². The number of aromatic amines is 1. The Kier molecular flexibility index (Phi) is 4.03. The van der Waals surface area contributed by atoms with E-state index in [0.29, 0.717) is 0 Å². The molecule has 0 aliphatic rings. The Hall–Kier alpha value is -1.64. The number of benzene rings is 1. The fourth-order valence-corrected chi connectivity index (χ4v) is 1.28. The number of rotatable bonds is 1. The van der Waals surface area contributed by atoms with Crippen LogP contribution >= 0.6 is 0 Å². The third kappa shape index (κ3) is 2.65. The van der Waals surface area contributed by atoms with Crippen molar-refractivity contribution in [3.8, 4) is 11.3 Å².